The third kappa shape index (κ3) is 4.05. The molecule has 0 fully saturated rings. The van der Waals surface area contributed by atoms with E-state index in [-0.39, 0.29) is 6.79 Å². The molecule has 0 saturated carbocycles. The van der Waals surface area contributed by atoms with Crippen molar-refractivity contribution >= 4 is 11.6 Å². The van der Waals surface area contributed by atoms with Gasteiger partial charge in [0.2, 0.25) is 6.79 Å². The fourth-order valence-electron chi connectivity index (χ4n) is 1.91. The van der Waals surface area contributed by atoms with E-state index in [0.717, 1.165) is 35.9 Å². The molecule has 0 saturated heterocycles. The van der Waals surface area contributed by atoms with Gasteiger partial charge in [0.05, 0.1) is 0 Å². The van der Waals surface area contributed by atoms with Crippen molar-refractivity contribution < 1.29 is 14.2 Å². The minimum Gasteiger partial charge on any atom is -0.489 e. The van der Waals surface area contributed by atoms with Crippen LogP contribution in [0, 0.1) is 5.92 Å². The molecule has 0 radical (unpaired) electrons. The lowest BCUT2D eigenvalue weighted by molar-refractivity contribution is 0.174. The number of halogens is 1. The van der Waals surface area contributed by atoms with Gasteiger partial charge in [0, 0.05) is 23.7 Å². The summed E-state index contributed by atoms with van der Waals surface area (Å²) in [6.45, 7) is 6.73. The first-order chi connectivity index (χ1) is 9.70. The minimum absolute atomic E-state index is 0.263. The number of hydrogen-bond donors (Lipinski definition) is 1. The zero-order chi connectivity index (χ0) is 14.4. The molecule has 1 aliphatic rings. The van der Waals surface area contributed by atoms with E-state index in [1.165, 1.54) is 5.54 Å². The Balaban J connectivity index is 2.09. The highest BCUT2D eigenvalue weighted by molar-refractivity contribution is 6.25. The molecule has 1 heterocycles. The number of benzene rings is 1. The second kappa shape index (κ2) is 7.41. The van der Waals surface area contributed by atoms with Crippen LogP contribution in [0.15, 0.2) is 23.7 Å². The summed E-state index contributed by atoms with van der Waals surface area (Å²) in [5, 5.41) is 3.40. The van der Waals surface area contributed by atoms with Gasteiger partial charge in [-0.3, -0.25) is 0 Å². The third-order valence-corrected chi connectivity index (χ3v) is 3.03. The lowest BCUT2D eigenvalue weighted by Crippen LogP contribution is -2.19. The Hall–Kier alpha value is -1.39. The summed E-state index contributed by atoms with van der Waals surface area (Å²) in [5.41, 5.74) is 2.50. The zero-order valence-corrected chi connectivity index (χ0v) is 12.6. The predicted octanol–water partition coefficient (Wildman–Crippen LogP) is 3.29. The molecule has 0 spiro atoms. The lowest BCUT2D eigenvalue weighted by atomic mass is 10.1. The third-order valence-electron chi connectivity index (χ3n) is 2.85. The van der Waals surface area contributed by atoms with Crippen molar-refractivity contribution in [2.45, 2.75) is 20.4 Å². The van der Waals surface area contributed by atoms with Crippen LogP contribution >= 0.6 is 11.6 Å². The van der Waals surface area contributed by atoms with E-state index >= 15 is 0 Å². The van der Waals surface area contributed by atoms with Gasteiger partial charge in [-0.05, 0) is 24.6 Å². The molecule has 20 heavy (non-hydrogen) atoms. The first kappa shape index (κ1) is 15.0. The van der Waals surface area contributed by atoms with Crippen LogP contribution in [0.1, 0.15) is 19.4 Å². The van der Waals surface area contributed by atoms with Crippen molar-refractivity contribution in [2.75, 3.05) is 19.9 Å². The fraction of sp³-hybridized carbons (Fsp3) is 0.467. The van der Waals surface area contributed by atoms with Gasteiger partial charge < -0.3 is 19.5 Å². The first-order valence-corrected chi connectivity index (χ1v) is 7.15. The van der Waals surface area contributed by atoms with E-state index in [0.29, 0.717) is 12.5 Å². The highest BCUT2D eigenvalue weighted by atomic mass is 35.5. The highest BCUT2D eigenvalue weighted by Gasteiger charge is 2.17. The standard InChI is InChI=1S/C15H20ClNO3/c1-11(2)8-17-9-12-6-14-15(20-10-19-14)7-13(12)18-5-3-4-16/h3-4,6-7,11,17H,5,8-10H2,1-2H3. The molecule has 1 aromatic carbocycles. The Morgan fingerprint density at radius 2 is 2.10 bits per heavy atom. The summed E-state index contributed by atoms with van der Waals surface area (Å²) in [6, 6.07) is 3.84. The molecule has 1 N–H and O–H groups in total. The van der Waals surface area contributed by atoms with Gasteiger partial charge >= 0.3 is 0 Å². The number of fused-ring (bicyclic) bond motifs is 1. The van der Waals surface area contributed by atoms with Gasteiger partial charge in [-0.15, -0.1) is 0 Å². The van der Waals surface area contributed by atoms with Crippen LogP contribution in [-0.4, -0.2) is 19.9 Å². The molecule has 0 unspecified atom stereocenters. The van der Waals surface area contributed by atoms with E-state index in [1.54, 1.807) is 6.08 Å². The van der Waals surface area contributed by atoms with Gasteiger partial charge in [0.15, 0.2) is 11.5 Å². The maximum absolute atomic E-state index is 5.71. The summed E-state index contributed by atoms with van der Waals surface area (Å²) in [6.07, 6.45) is 1.75. The molecule has 0 aliphatic carbocycles. The molecular formula is C15H20ClNO3. The number of hydrogen-bond acceptors (Lipinski definition) is 4. The van der Waals surface area contributed by atoms with E-state index in [2.05, 4.69) is 19.2 Å². The maximum atomic E-state index is 5.71. The van der Waals surface area contributed by atoms with Crippen molar-refractivity contribution in [3.63, 3.8) is 0 Å². The second-order valence-corrected chi connectivity index (χ2v) is 5.26. The summed E-state index contributed by atoms with van der Waals surface area (Å²) >= 11 is 5.50. The molecule has 4 nitrogen and oxygen atoms in total. The topological polar surface area (TPSA) is 39.7 Å². The highest BCUT2D eigenvalue weighted by Crippen LogP contribution is 2.38. The van der Waals surface area contributed by atoms with Gasteiger partial charge in [-0.25, -0.2) is 0 Å². The van der Waals surface area contributed by atoms with Gasteiger partial charge in [-0.2, -0.15) is 0 Å². The van der Waals surface area contributed by atoms with E-state index in [9.17, 15) is 0 Å². The van der Waals surface area contributed by atoms with Gasteiger partial charge in [-0.1, -0.05) is 25.4 Å². The Labute approximate surface area is 124 Å². The largest absolute Gasteiger partial charge is 0.489 e. The average molecular weight is 298 g/mol. The SMILES string of the molecule is CC(C)CNCc1cc2c(cc1OCC=CCl)OCO2. The van der Waals surface area contributed by atoms with Crippen LogP contribution in [0.2, 0.25) is 0 Å². The normalized spacial score (nSPS) is 13.4. The van der Waals surface area contributed by atoms with Crippen molar-refractivity contribution in [1.82, 2.24) is 5.32 Å². The van der Waals surface area contributed by atoms with Gasteiger partial charge in [0.25, 0.3) is 0 Å². The average Bonchev–Trinajstić information content (AvgIpc) is 2.85. The Morgan fingerprint density at radius 1 is 1.35 bits per heavy atom. The monoisotopic (exact) mass is 297 g/mol. The summed E-state index contributed by atoms with van der Waals surface area (Å²) in [5.74, 6) is 2.89. The van der Waals surface area contributed by atoms with E-state index in [4.69, 9.17) is 25.8 Å². The molecule has 2 rings (SSSR count). The Bertz CT molecular complexity index is 474. The summed E-state index contributed by atoms with van der Waals surface area (Å²) < 4.78 is 16.5. The lowest BCUT2D eigenvalue weighted by Gasteiger charge is -2.13. The van der Waals surface area contributed by atoms with Gasteiger partial charge in [0.1, 0.15) is 12.4 Å². The molecule has 0 bridgehead atoms. The quantitative estimate of drug-likeness (QED) is 0.838. The van der Waals surface area contributed by atoms with Crippen LogP contribution < -0.4 is 19.5 Å². The molecule has 1 aromatic rings. The number of ether oxygens (including phenoxy) is 3. The molecule has 110 valence electrons. The smallest absolute Gasteiger partial charge is 0.231 e. The van der Waals surface area contributed by atoms with Crippen LogP contribution in [0.5, 0.6) is 17.2 Å². The molecule has 1 aliphatic heterocycles. The summed E-state index contributed by atoms with van der Waals surface area (Å²) in [4.78, 5) is 0. The minimum atomic E-state index is 0.263. The van der Waals surface area contributed by atoms with Crippen LogP contribution in [0.25, 0.3) is 0 Å². The van der Waals surface area contributed by atoms with Crippen molar-refractivity contribution in [2.24, 2.45) is 5.92 Å². The second-order valence-electron chi connectivity index (χ2n) is 5.01. The molecule has 0 amide bonds. The predicted molar refractivity (Wildman–Crippen MR) is 79.6 cm³/mol. The number of nitrogens with one attached hydrogen (secondary N) is 1. The van der Waals surface area contributed by atoms with Crippen molar-refractivity contribution in [3.8, 4) is 17.2 Å². The molecule has 5 heteroatoms. The summed E-state index contributed by atoms with van der Waals surface area (Å²) in [7, 11) is 0. The maximum Gasteiger partial charge on any atom is 0.231 e. The number of rotatable bonds is 7. The van der Waals surface area contributed by atoms with Crippen LogP contribution in [0.3, 0.4) is 0 Å². The zero-order valence-electron chi connectivity index (χ0n) is 11.8. The van der Waals surface area contributed by atoms with Crippen LogP contribution in [0.4, 0.5) is 0 Å². The molecule has 0 atom stereocenters. The molecular weight excluding hydrogens is 278 g/mol. The van der Waals surface area contributed by atoms with Crippen LogP contribution in [-0.2, 0) is 6.54 Å². The first-order valence-electron chi connectivity index (χ1n) is 6.72. The Morgan fingerprint density at radius 3 is 2.80 bits per heavy atom. The van der Waals surface area contributed by atoms with E-state index in [1.807, 2.05) is 12.1 Å². The Kier molecular flexibility index (Phi) is 5.56. The van der Waals surface area contributed by atoms with Crippen molar-refractivity contribution in [1.29, 1.82) is 0 Å². The fourth-order valence-corrected chi connectivity index (χ4v) is 1.98. The molecule has 0 aromatic heterocycles. The van der Waals surface area contributed by atoms with E-state index < -0.39 is 0 Å². The van der Waals surface area contributed by atoms with Crippen molar-refractivity contribution in [3.05, 3.63) is 29.3 Å².